The molecule has 1 aromatic heterocycles. The second kappa shape index (κ2) is 7.21. The van der Waals surface area contributed by atoms with Crippen molar-refractivity contribution in [1.82, 2.24) is 14.8 Å². The lowest BCUT2D eigenvalue weighted by Gasteiger charge is -2.39. The molecular weight excluding hydrogens is 427 g/mol. The predicted molar refractivity (Wildman–Crippen MR) is 121 cm³/mol. The minimum atomic E-state index is -0.539. The third-order valence-electron chi connectivity index (χ3n) is 5.96. The van der Waals surface area contributed by atoms with Gasteiger partial charge in [0, 0.05) is 21.7 Å². The van der Waals surface area contributed by atoms with Crippen molar-refractivity contribution in [2.75, 3.05) is 5.32 Å². The van der Waals surface area contributed by atoms with Gasteiger partial charge in [-0.25, -0.2) is 9.07 Å². The van der Waals surface area contributed by atoms with Crippen LogP contribution in [0.3, 0.4) is 0 Å². The van der Waals surface area contributed by atoms with E-state index in [9.17, 15) is 0 Å². The second-order valence-electron chi connectivity index (χ2n) is 7.96. The zero-order valence-electron chi connectivity index (χ0n) is 17.1. The summed E-state index contributed by atoms with van der Waals surface area (Å²) < 4.78 is 23.3. The first kappa shape index (κ1) is 19.1. The molecule has 0 saturated heterocycles. The van der Waals surface area contributed by atoms with Gasteiger partial charge in [-0.2, -0.15) is 10.1 Å². The van der Waals surface area contributed by atoms with Crippen LogP contribution in [-0.2, 0) is 0 Å². The van der Waals surface area contributed by atoms with Gasteiger partial charge in [0.2, 0.25) is 5.95 Å². The number of hydrogen-bond donors (Lipinski definition) is 1. The average molecular weight is 445 g/mol. The van der Waals surface area contributed by atoms with Gasteiger partial charge in [0.15, 0.2) is 0 Å². The lowest BCUT2D eigenvalue weighted by atomic mass is 9.84. The lowest BCUT2D eigenvalue weighted by molar-refractivity contribution is 0.222. The average Bonchev–Trinajstić information content (AvgIpc) is 3.27. The molecule has 0 radical (unpaired) electrons. The molecule has 0 spiro atoms. The summed E-state index contributed by atoms with van der Waals surface area (Å²) in [5.74, 6) is 0.922. The Balaban J connectivity index is 1.65. The highest BCUT2D eigenvalue weighted by Crippen LogP contribution is 2.51. The molecule has 158 valence electrons. The molecule has 0 bridgehead atoms. The van der Waals surface area contributed by atoms with Crippen LogP contribution in [0.15, 0.2) is 78.6 Å². The lowest BCUT2D eigenvalue weighted by Crippen LogP contribution is -2.32. The molecule has 4 aromatic rings. The maximum atomic E-state index is 15.1. The van der Waals surface area contributed by atoms with Crippen molar-refractivity contribution < 1.29 is 9.13 Å². The molecular formula is C25H18ClFN4O. The summed E-state index contributed by atoms with van der Waals surface area (Å²) in [5.41, 5.74) is 5.10. The molecule has 0 saturated carbocycles. The summed E-state index contributed by atoms with van der Waals surface area (Å²) >= 11 is 6.34. The van der Waals surface area contributed by atoms with E-state index in [4.69, 9.17) is 16.3 Å². The minimum absolute atomic E-state index is 0.313. The fourth-order valence-corrected chi connectivity index (χ4v) is 4.63. The molecule has 3 aromatic carbocycles. The molecule has 0 amide bonds. The summed E-state index contributed by atoms with van der Waals surface area (Å²) in [6.07, 6.45) is 1.02. The van der Waals surface area contributed by atoms with E-state index in [2.05, 4.69) is 15.4 Å². The number of nitrogens with one attached hydrogen (secondary N) is 1. The molecule has 7 heteroatoms. The Morgan fingerprint density at radius 3 is 2.69 bits per heavy atom. The number of fused-ring (bicyclic) bond motifs is 3. The smallest absolute Gasteiger partial charge is 0.226 e. The number of ether oxygens (including phenoxy) is 1. The molecule has 5 nitrogen and oxygen atoms in total. The molecule has 0 fully saturated rings. The van der Waals surface area contributed by atoms with E-state index in [1.54, 1.807) is 22.9 Å². The number of halogens is 2. The zero-order valence-corrected chi connectivity index (χ0v) is 17.8. The maximum absolute atomic E-state index is 15.1. The van der Waals surface area contributed by atoms with Gasteiger partial charge in [0.25, 0.3) is 0 Å². The van der Waals surface area contributed by atoms with Crippen LogP contribution in [0.25, 0.3) is 5.70 Å². The Morgan fingerprint density at radius 2 is 1.88 bits per heavy atom. The van der Waals surface area contributed by atoms with Crippen molar-refractivity contribution in [2.45, 2.75) is 19.1 Å². The summed E-state index contributed by atoms with van der Waals surface area (Å²) in [7, 11) is 0. The summed E-state index contributed by atoms with van der Waals surface area (Å²) in [6, 6.07) is 19.9. The van der Waals surface area contributed by atoms with Gasteiger partial charge < -0.3 is 10.1 Å². The van der Waals surface area contributed by atoms with E-state index in [-0.39, 0.29) is 5.82 Å². The van der Waals surface area contributed by atoms with Crippen LogP contribution in [0, 0.1) is 12.7 Å². The molecule has 2 aliphatic heterocycles. The molecule has 2 aliphatic rings. The quantitative estimate of drug-likeness (QED) is 0.415. The highest BCUT2D eigenvalue weighted by Gasteiger charge is 2.41. The summed E-state index contributed by atoms with van der Waals surface area (Å²) in [5, 5.41) is 8.41. The van der Waals surface area contributed by atoms with Crippen LogP contribution in [0.5, 0.6) is 5.75 Å². The van der Waals surface area contributed by atoms with Gasteiger partial charge in [-0.3, -0.25) is 0 Å². The van der Waals surface area contributed by atoms with E-state index in [1.807, 2.05) is 49.4 Å². The fourth-order valence-electron chi connectivity index (χ4n) is 4.45. The van der Waals surface area contributed by atoms with E-state index in [0.29, 0.717) is 22.3 Å². The normalized spacial score (nSPS) is 18.8. The largest absolute Gasteiger partial charge is 0.480 e. The molecule has 2 atom stereocenters. The van der Waals surface area contributed by atoms with Gasteiger partial charge in [-0.15, -0.1) is 0 Å². The van der Waals surface area contributed by atoms with E-state index in [1.165, 1.54) is 12.4 Å². The third-order valence-corrected chi connectivity index (χ3v) is 6.19. The first-order chi connectivity index (χ1) is 15.6. The molecule has 0 aliphatic carbocycles. The van der Waals surface area contributed by atoms with Gasteiger partial charge in [-0.05, 0) is 36.8 Å². The van der Waals surface area contributed by atoms with Crippen molar-refractivity contribution in [1.29, 1.82) is 0 Å². The number of hydrogen-bond acceptors (Lipinski definition) is 4. The van der Waals surface area contributed by atoms with Gasteiger partial charge in [-0.1, -0.05) is 59.6 Å². The number of nitrogens with zero attached hydrogens (tertiary/aromatic N) is 3. The van der Waals surface area contributed by atoms with Crippen LogP contribution in [0.2, 0.25) is 5.02 Å². The molecule has 6 rings (SSSR count). The topological polar surface area (TPSA) is 52.0 Å². The van der Waals surface area contributed by atoms with Crippen molar-refractivity contribution in [3.63, 3.8) is 0 Å². The monoisotopic (exact) mass is 444 g/mol. The Kier molecular flexibility index (Phi) is 4.30. The van der Waals surface area contributed by atoms with Crippen LogP contribution in [-0.4, -0.2) is 14.8 Å². The van der Waals surface area contributed by atoms with Gasteiger partial charge >= 0.3 is 0 Å². The number of anilines is 1. The van der Waals surface area contributed by atoms with Crippen LogP contribution >= 0.6 is 11.6 Å². The molecule has 1 N–H and O–H groups in total. The summed E-state index contributed by atoms with van der Waals surface area (Å²) in [4.78, 5) is 4.37. The Bertz CT molecular complexity index is 1380. The Morgan fingerprint density at radius 1 is 1.06 bits per heavy atom. The van der Waals surface area contributed by atoms with Crippen molar-refractivity contribution >= 4 is 23.2 Å². The Labute approximate surface area is 189 Å². The number of rotatable bonds is 2. The first-order valence-corrected chi connectivity index (χ1v) is 10.7. The van der Waals surface area contributed by atoms with Crippen LogP contribution in [0.4, 0.5) is 10.3 Å². The number of aromatic nitrogens is 3. The zero-order chi connectivity index (χ0) is 21.8. The predicted octanol–water partition coefficient (Wildman–Crippen LogP) is 5.94. The fraction of sp³-hybridized carbons (Fsp3) is 0.120. The van der Waals surface area contributed by atoms with E-state index in [0.717, 1.165) is 28.0 Å². The maximum Gasteiger partial charge on any atom is 0.226 e. The van der Waals surface area contributed by atoms with E-state index >= 15 is 4.39 Å². The highest BCUT2D eigenvalue weighted by atomic mass is 35.5. The van der Waals surface area contributed by atoms with Crippen molar-refractivity contribution in [3.8, 4) is 5.75 Å². The third kappa shape index (κ3) is 2.91. The Hall–Kier alpha value is -3.64. The van der Waals surface area contributed by atoms with Gasteiger partial charge in [0.05, 0.1) is 5.70 Å². The van der Waals surface area contributed by atoms with Crippen LogP contribution in [0.1, 0.15) is 34.4 Å². The molecule has 32 heavy (non-hydrogen) atoms. The summed E-state index contributed by atoms with van der Waals surface area (Å²) in [6.45, 7) is 2.04. The van der Waals surface area contributed by atoms with Crippen molar-refractivity contribution in [2.24, 2.45) is 0 Å². The second-order valence-corrected chi connectivity index (χ2v) is 8.39. The highest BCUT2D eigenvalue weighted by molar-refractivity contribution is 6.30. The molecule has 0 unspecified atom stereocenters. The standard InChI is InChI=1S/C25H18ClFN4O/c1-14-6-8-15(9-7-14)24-21-22(18-12-16(26)10-11-20(18)32-24)30-25-28-13-29-31(25)23(21)17-4-2-3-5-19(17)27/h2-13,23-24H,1H3,(H,28,29,30)/t23-,24-/m0/s1. The van der Waals surface area contributed by atoms with Gasteiger partial charge in [0.1, 0.15) is 30.0 Å². The number of benzene rings is 3. The minimum Gasteiger partial charge on any atom is -0.480 e. The molecule has 3 heterocycles. The van der Waals surface area contributed by atoms with Crippen molar-refractivity contribution in [3.05, 3.63) is 112 Å². The van der Waals surface area contributed by atoms with E-state index < -0.39 is 12.1 Å². The van der Waals surface area contributed by atoms with Crippen LogP contribution < -0.4 is 10.1 Å². The first-order valence-electron chi connectivity index (χ1n) is 10.3. The number of aryl methyl sites for hydroxylation is 1. The SMILES string of the molecule is Cc1ccc([C@@H]2Oc3ccc(Cl)cc3C3=C2[C@H](c2ccccc2F)n2ncnc2N3)cc1.